The number of carbonyl (C=O) groups excluding carboxylic acids is 2. The zero-order valence-corrected chi connectivity index (χ0v) is 14.7. The molecule has 2 aliphatic heterocycles. The number of aliphatic imine (C=N–C) groups is 1. The van der Waals surface area contributed by atoms with Crippen LogP contribution in [0.4, 0.5) is 0 Å². The summed E-state index contributed by atoms with van der Waals surface area (Å²) < 4.78 is 0. The molecule has 1 N–H and O–H groups in total. The van der Waals surface area contributed by atoms with Crippen LogP contribution in [0.15, 0.2) is 53.9 Å². The van der Waals surface area contributed by atoms with Crippen molar-refractivity contribution in [1.29, 1.82) is 0 Å². The quantitative estimate of drug-likeness (QED) is 0.873. The molecule has 2 aromatic rings. The van der Waals surface area contributed by atoms with Gasteiger partial charge in [0.05, 0.1) is 6.20 Å². The molecule has 7 nitrogen and oxygen atoms in total. The highest BCUT2D eigenvalue weighted by molar-refractivity contribution is 6.15. The average molecular weight is 361 g/mol. The number of fused-ring (bicyclic) bond motifs is 2. The molecule has 1 aromatic heterocycles. The van der Waals surface area contributed by atoms with Crippen molar-refractivity contribution in [2.45, 2.75) is 18.4 Å². The Bertz CT molecular complexity index is 930. The first-order valence-electron chi connectivity index (χ1n) is 9.19. The minimum atomic E-state index is -0.757. The number of nitrogens with one attached hydrogen (secondary N) is 1. The normalized spacial score (nSPS) is 29.0. The first-order valence-corrected chi connectivity index (χ1v) is 9.19. The maximum Gasteiger partial charge on any atom is 0.274 e. The second-order valence-electron chi connectivity index (χ2n) is 7.41. The molecular weight excluding hydrogens is 342 g/mol. The number of nitrogens with zero attached hydrogens (tertiary/aromatic N) is 4. The summed E-state index contributed by atoms with van der Waals surface area (Å²) in [5.41, 5.74) is 0.500. The minimum Gasteiger partial charge on any atom is -0.337 e. The van der Waals surface area contributed by atoms with E-state index in [9.17, 15) is 9.59 Å². The van der Waals surface area contributed by atoms with Crippen molar-refractivity contribution in [3.63, 3.8) is 0 Å². The van der Waals surface area contributed by atoms with Crippen LogP contribution in [0.25, 0.3) is 0 Å². The van der Waals surface area contributed by atoms with E-state index in [0.29, 0.717) is 24.6 Å². The van der Waals surface area contributed by atoms with Crippen molar-refractivity contribution in [2.24, 2.45) is 16.8 Å². The average Bonchev–Trinajstić information content (AvgIpc) is 3.38. The summed E-state index contributed by atoms with van der Waals surface area (Å²) in [6.07, 6.45) is 6.19. The lowest BCUT2D eigenvalue weighted by Crippen LogP contribution is -2.45. The van der Waals surface area contributed by atoms with Crippen LogP contribution < -0.4 is 5.32 Å². The first kappa shape index (κ1) is 16.1. The SMILES string of the molecule is O=C(c1cnccn1)N1C[C@@H]2CC[C@]3(N=C(c4ccccc4)NC3=O)[C@@H]2C1. The molecule has 5 rings (SSSR count). The van der Waals surface area contributed by atoms with E-state index in [1.807, 2.05) is 30.3 Å². The summed E-state index contributed by atoms with van der Waals surface area (Å²) >= 11 is 0. The van der Waals surface area contributed by atoms with Crippen LogP contribution in [0.5, 0.6) is 0 Å². The summed E-state index contributed by atoms with van der Waals surface area (Å²) in [5, 5.41) is 2.98. The topological polar surface area (TPSA) is 87.6 Å². The van der Waals surface area contributed by atoms with Crippen molar-refractivity contribution >= 4 is 17.6 Å². The molecule has 136 valence electrons. The zero-order chi connectivity index (χ0) is 18.4. The Balaban J connectivity index is 1.42. The molecule has 0 radical (unpaired) electrons. The summed E-state index contributed by atoms with van der Waals surface area (Å²) in [6, 6.07) is 9.70. The van der Waals surface area contributed by atoms with Crippen LogP contribution in [0, 0.1) is 11.8 Å². The maximum absolute atomic E-state index is 12.9. The van der Waals surface area contributed by atoms with Gasteiger partial charge >= 0.3 is 0 Å². The molecule has 1 spiro atoms. The fourth-order valence-corrected chi connectivity index (χ4v) is 4.68. The molecule has 2 amide bonds. The van der Waals surface area contributed by atoms with Crippen LogP contribution in [0.1, 0.15) is 28.9 Å². The Labute approximate surface area is 156 Å². The van der Waals surface area contributed by atoms with E-state index in [1.165, 1.54) is 12.4 Å². The Morgan fingerprint density at radius 1 is 1.19 bits per heavy atom. The van der Waals surface area contributed by atoms with Crippen molar-refractivity contribution < 1.29 is 9.59 Å². The van der Waals surface area contributed by atoms with Crippen LogP contribution in [0.3, 0.4) is 0 Å². The molecule has 3 aliphatic rings. The van der Waals surface area contributed by atoms with Gasteiger partial charge in [-0.2, -0.15) is 0 Å². The Morgan fingerprint density at radius 3 is 2.81 bits per heavy atom. The Hall–Kier alpha value is -3.09. The molecule has 1 saturated heterocycles. The highest BCUT2D eigenvalue weighted by atomic mass is 16.2. The van der Waals surface area contributed by atoms with Gasteiger partial charge in [-0.3, -0.25) is 19.6 Å². The van der Waals surface area contributed by atoms with Gasteiger partial charge in [0, 0.05) is 37.0 Å². The third-order valence-corrected chi connectivity index (χ3v) is 6.00. The van der Waals surface area contributed by atoms with E-state index in [-0.39, 0.29) is 23.7 Å². The third kappa shape index (κ3) is 2.45. The number of amides is 2. The van der Waals surface area contributed by atoms with Crippen molar-refractivity contribution in [2.75, 3.05) is 13.1 Å². The molecule has 0 unspecified atom stereocenters. The first-order chi connectivity index (χ1) is 13.2. The third-order valence-electron chi connectivity index (χ3n) is 6.00. The molecule has 7 heteroatoms. The van der Waals surface area contributed by atoms with Gasteiger partial charge in [-0.05, 0) is 18.8 Å². The second-order valence-corrected chi connectivity index (χ2v) is 7.41. The monoisotopic (exact) mass is 361 g/mol. The highest BCUT2D eigenvalue weighted by Crippen LogP contribution is 2.49. The maximum atomic E-state index is 12.9. The molecule has 3 atom stereocenters. The lowest BCUT2D eigenvalue weighted by molar-refractivity contribution is -0.124. The van der Waals surface area contributed by atoms with E-state index in [2.05, 4.69) is 15.3 Å². The minimum absolute atomic E-state index is 0.0392. The summed E-state index contributed by atoms with van der Waals surface area (Å²) in [5.74, 6) is 0.801. The van der Waals surface area contributed by atoms with Crippen LogP contribution in [-0.4, -0.2) is 51.1 Å². The fraction of sp³-hybridized carbons (Fsp3) is 0.350. The molecule has 1 saturated carbocycles. The smallest absolute Gasteiger partial charge is 0.274 e. The van der Waals surface area contributed by atoms with Gasteiger partial charge in [0.15, 0.2) is 0 Å². The van der Waals surface area contributed by atoms with E-state index in [1.54, 1.807) is 11.1 Å². The number of rotatable bonds is 2. The number of hydrogen-bond donors (Lipinski definition) is 1. The number of aromatic nitrogens is 2. The molecule has 27 heavy (non-hydrogen) atoms. The molecule has 0 bridgehead atoms. The number of benzene rings is 1. The molecule has 2 fully saturated rings. The predicted molar refractivity (Wildman–Crippen MR) is 98.0 cm³/mol. The van der Waals surface area contributed by atoms with E-state index in [0.717, 1.165) is 18.4 Å². The van der Waals surface area contributed by atoms with E-state index >= 15 is 0 Å². The van der Waals surface area contributed by atoms with E-state index < -0.39 is 5.54 Å². The Kier molecular flexibility index (Phi) is 3.56. The number of hydrogen-bond acceptors (Lipinski definition) is 5. The summed E-state index contributed by atoms with van der Waals surface area (Å²) in [6.45, 7) is 1.17. The number of likely N-dealkylation sites (tertiary alicyclic amines) is 1. The molecule has 3 heterocycles. The largest absolute Gasteiger partial charge is 0.337 e. The van der Waals surface area contributed by atoms with Gasteiger partial charge in [0.1, 0.15) is 17.1 Å². The fourth-order valence-electron chi connectivity index (χ4n) is 4.68. The second kappa shape index (κ2) is 5.97. The summed E-state index contributed by atoms with van der Waals surface area (Å²) in [7, 11) is 0. The van der Waals surface area contributed by atoms with Gasteiger partial charge in [-0.1, -0.05) is 30.3 Å². The van der Waals surface area contributed by atoms with E-state index in [4.69, 9.17) is 4.99 Å². The van der Waals surface area contributed by atoms with Gasteiger partial charge in [-0.15, -0.1) is 0 Å². The van der Waals surface area contributed by atoms with Gasteiger partial charge < -0.3 is 10.2 Å². The number of carbonyl (C=O) groups is 2. The van der Waals surface area contributed by atoms with Crippen LogP contribution >= 0.6 is 0 Å². The van der Waals surface area contributed by atoms with Gasteiger partial charge in [0.2, 0.25) is 0 Å². The standard InChI is InChI=1S/C20H19N5O2/c26-18(16-10-21-8-9-22-16)25-11-14-6-7-20(15(14)12-25)19(27)23-17(24-20)13-4-2-1-3-5-13/h1-5,8-10,14-15H,6-7,11-12H2,(H,23,24,27)/t14-,15+,20-/m0/s1. The summed E-state index contributed by atoms with van der Waals surface area (Å²) in [4.78, 5) is 40.4. The van der Waals surface area contributed by atoms with Crippen molar-refractivity contribution in [3.05, 3.63) is 60.2 Å². The number of amidine groups is 1. The molecule has 1 aliphatic carbocycles. The molecule has 1 aromatic carbocycles. The lowest BCUT2D eigenvalue weighted by atomic mass is 9.85. The highest BCUT2D eigenvalue weighted by Gasteiger charge is 2.59. The lowest BCUT2D eigenvalue weighted by Gasteiger charge is -2.25. The van der Waals surface area contributed by atoms with Crippen LogP contribution in [-0.2, 0) is 4.79 Å². The Morgan fingerprint density at radius 2 is 2.04 bits per heavy atom. The van der Waals surface area contributed by atoms with Crippen LogP contribution in [0.2, 0.25) is 0 Å². The van der Waals surface area contributed by atoms with Crippen molar-refractivity contribution in [3.8, 4) is 0 Å². The van der Waals surface area contributed by atoms with Gasteiger partial charge in [-0.25, -0.2) is 4.98 Å². The van der Waals surface area contributed by atoms with Gasteiger partial charge in [0.25, 0.3) is 11.8 Å². The zero-order valence-electron chi connectivity index (χ0n) is 14.7. The molecular formula is C20H19N5O2. The predicted octanol–water partition coefficient (Wildman–Crippen LogP) is 1.27. The van der Waals surface area contributed by atoms with Crippen molar-refractivity contribution in [1.82, 2.24) is 20.2 Å².